The predicted octanol–water partition coefficient (Wildman–Crippen LogP) is 4.80. The number of carboxylic acids is 1. The first-order chi connectivity index (χ1) is 13.2. The van der Waals surface area contributed by atoms with Gasteiger partial charge < -0.3 is 15.2 Å². The molecule has 1 aliphatic carbocycles. The highest BCUT2D eigenvalue weighted by Crippen LogP contribution is 2.44. The van der Waals surface area contributed by atoms with Crippen molar-refractivity contribution in [3.05, 3.63) is 59.7 Å². The molecule has 0 radical (unpaired) electrons. The van der Waals surface area contributed by atoms with Gasteiger partial charge in [0, 0.05) is 12.0 Å². The monoisotopic (exact) mass is 381 g/mol. The second kappa shape index (κ2) is 8.05. The van der Waals surface area contributed by atoms with Gasteiger partial charge in [0.2, 0.25) is 0 Å². The number of ether oxygens (including phenoxy) is 1. The number of aliphatic carboxylic acids is 1. The third-order valence-corrected chi connectivity index (χ3v) is 4.95. The van der Waals surface area contributed by atoms with Crippen LogP contribution in [0.25, 0.3) is 11.1 Å². The van der Waals surface area contributed by atoms with Crippen LogP contribution in [-0.4, -0.2) is 29.8 Å². The van der Waals surface area contributed by atoms with Crippen molar-refractivity contribution >= 4 is 12.1 Å². The van der Waals surface area contributed by atoms with Gasteiger partial charge in [-0.05, 0) is 34.1 Å². The van der Waals surface area contributed by atoms with Gasteiger partial charge in [0.25, 0.3) is 0 Å². The lowest BCUT2D eigenvalue weighted by molar-refractivity contribution is -0.137. The SMILES string of the molecule is CC(C)(C)CC(CC(=O)O)NC(=O)OCC1c2ccccc2-c2ccccc21. The van der Waals surface area contributed by atoms with E-state index in [1.807, 2.05) is 45.0 Å². The van der Waals surface area contributed by atoms with Crippen LogP contribution in [0, 0.1) is 5.41 Å². The van der Waals surface area contributed by atoms with Gasteiger partial charge in [-0.25, -0.2) is 4.79 Å². The van der Waals surface area contributed by atoms with Gasteiger partial charge in [-0.2, -0.15) is 0 Å². The Morgan fingerprint density at radius 1 is 1.04 bits per heavy atom. The molecule has 1 amide bonds. The van der Waals surface area contributed by atoms with E-state index in [0.29, 0.717) is 6.42 Å². The smallest absolute Gasteiger partial charge is 0.407 e. The van der Waals surface area contributed by atoms with E-state index in [9.17, 15) is 9.59 Å². The minimum absolute atomic E-state index is 0.0151. The van der Waals surface area contributed by atoms with Crippen molar-refractivity contribution in [3.63, 3.8) is 0 Å². The molecule has 5 heteroatoms. The van der Waals surface area contributed by atoms with Gasteiger partial charge >= 0.3 is 12.1 Å². The third-order valence-electron chi connectivity index (χ3n) is 4.95. The molecule has 148 valence electrons. The summed E-state index contributed by atoms with van der Waals surface area (Å²) in [5.41, 5.74) is 4.53. The van der Waals surface area contributed by atoms with E-state index in [4.69, 9.17) is 9.84 Å². The normalized spacial score (nSPS) is 14.1. The van der Waals surface area contributed by atoms with Crippen molar-refractivity contribution in [2.45, 2.75) is 45.6 Å². The summed E-state index contributed by atoms with van der Waals surface area (Å²) >= 11 is 0. The zero-order valence-electron chi connectivity index (χ0n) is 16.6. The Kier molecular flexibility index (Phi) is 5.73. The molecule has 0 saturated carbocycles. The molecule has 2 N–H and O–H groups in total. The van der Waals surface area contributed by atoms with Gasteiger partial charge in [0.05, 0.1) is 6.42 Å². The summed E-state index contributed by atoms with van der Waals surface area (Å²) in [6.07, 6.45) is -0.136. The van der Waals surface area contributed by atoms with Crippen molar-refractivity contribution in [3.8, 4) is 11.1 Å². The number of alkyl carbamates (subject to hydrolysis) is 1. The van der Waals surface area contributed by atoms with Gasteiger partial charge in [-0.3, -0.25) is 4.79 Å². The molecule has 28 heavy (non-hydrogen) atoms. The van der Waals surface area contributed by atoms with Crippen LogP contribution in [0.15, 0.2) is 48.5 Å². The summed E-state index contributed by atoms with van der Waals surface area (Å²) < 4.78 is 5.52. The summed E-state index contributed by atoms with van der Waals surface area (Å²) in [5.74, 6) is -0.952. The molecule has 1 unspecified atom stereocenters. The van der Waals surface area contributed by atoms with Crippen LogP contribution in [-0.2, 0) is 9.53 Å². The first-order valence-corrected chi connectivity index (χ1v) is 9.58. The molecular formula is C23H27NO4. The van der Waals surface area contributed by atoms with Crippen LogP contribution < -0.4 is 5.32 Å². The highest BCUT2D eigenvalue weighted by molar-refractivity contribution is 5.79. The topological polar surface area (TPSA) is 75.6 Å². The van der Waals surface area contributed by atoms with Gasteiger partial charge in [-0.15, -0.1) is 0 Å². The number of carboxylic acid groups (broad SMARTS) is 1. The Morgan fingerprint density at radius 2 is 1.57 bits per heavy atom. The van der Waals surface area contributed by atoms with E-state index in [1.54, 1.807) is 0 Å². The molecule has 0 spiro atoms. The summed E-state index contributed by atoms with van der Waals surface area (Å²) in [6.45, 7) is 6.26. The largest absolute Gasteiger partial charge is 0.481 e. The lowest BCUT2D eigenvalue weighted by atomic mass is 9.87. The molecule has 0 fully saturated rings. The zero-order valence-corrected chi connectivity index (χ0v) is 16.6. The number of carbonyl (C=O) groups excluding carboxylic acids is 1. The number of hydrogen-bond donors (Lipinski definition) is 2. The molecule has 0 heterocycles. The van der Waals surface area contributed by atoms with Crippen molar-refractivity contribution in [2.75, 3.05) is 6.61 Å². The molecule has 1 aliphatic rings. The highest BCUT2D eigenvalue weighted by atomic mass is 16.5. The van der Waals surface area contributed by atoms with Gasteiger partial charge in [-0.1, -0.05) is 69.3 Å². The average Bonchev–Trinajstić information content (AvgIpc) is 2.92. The molecule has 0 aliphatic heterocycles. The number of carbonyl (C=O) groups is 2. The minimum atomic E-state index is -0.937. The van der Waals surface area contributed by atoms with Crippen molar-refractivity contribution < 1.29 is 19.4 Å². The van der Waals surface area contributed by atoms with E-state index >= 15 is 0 Å². The van der Waals surface area contributed by atoms with E-state index in [0.717, 1.165) is 11.1 Å². The van der Waals surface area contributed by atoms with Crippen molar-refractivity contribution in [1.82, 2.24) is 5.32 Å². The standard InChI is InChI=1S/C23H27NO4/c1-23(2,3)13-15(12-21(25)26)24-22(27)28-14-20-18-10-6-4-8-16(18)17-9-5-7-11-19(17)20/h4-11,15,20H,12-14H2,1-3H3,(H,24,27)(H,25,26). The van der Waals surface area contributed by atoms with Crippen LogP contribution in [0.3, 0.4) is 0 Å². The molecular weight excluding hydrogens is 354 g/mol. The van der Waals surface area contributed by atoms with E-state index in [2.05, 4.69) is 29.6 Å². The zero-order chi connectivity index (χ0) is 20.3. The highest BCUT2D eigenvalue weighted by Gasteiger charge is 2.29. The minimum Gasteiger partial charge on any atom is -0.481 e. The molecule has 0 aromatic heterocycles. The fourth-order valence-electron chi connectivity index (χ4n) is 3.93. The number of hydrogen-bond acceptors (Lipinski definition) is 3. The van der Waals surface area contributed by atoms with Crippen molar-refractivity contribution in [1.29, 1.82) is 0 Å². The molecule has 0 saturated heterocycles. The maximum Gasteiger partial charge on any atom is 0.407 e. The third kappa shape index (κ3) is 4.71. The molecule has 2 aromatic rings. The molecule has 5 nitrogen and oxygen atoms in total. The number of amides is 1. The summed E-state index contributed by atoms with van der Waals surface area (Å²) in [6, 6.07) is 15.8. The van der Waals surface area contributed by atoms with Crippen LogP contribution in [0.4, 0.5) is 4.79 Å². The van der Waals surface area contributed by atoms with Crippen LogP contribution in [0.5, 0.6) is 0 Å². The fourth-order valence-corrected chi connectivity index (χ4v) is 3.93. The van der Waals surface area contributed by atoms with E-state index in [-0.39, 0.29) is 24.4 Å². The van der Waals surface area contributed by atoms with Crippen LogP contribution in [0.2, 0.25) is 0 Å². The van der Waals surface area contributed by atoms with Crippen LogP contribution >= 0.6 is 0 Å². The van der Waals surface area contributed by atoms with E-state index in [1.165, 1.54) is 11.1 Å². The Bertz CT molecular complexity index is 823. The summed E-state index contributed by atoms with van der Waals surface area (Å²) in [4.78, 5) is 23.5. The lowest BCUT2D eigenvalue weighted by Crippen LogP contribution is -2.39. The number of rotatable bonds is 6. The van der Waals surface area contributed by atoms with Crippen molar-refractivity contribution in [2.24, 2.45) is 5.41 Å². The van der Waals surface area contributed by atoms with Gasteiger partial charge in [0.15, 0.2) is 0 Å². The van der Waals surface area contributed by atoms with Gasteiger partial charge in [0.1, 0.15) is 6.61 Å². The molecule has 3 rings (SSSR count). The second-order valence-corrected chi connectivity index (χ2v) is 8.53. The predicted molar refractivity (Wildman–Crippen MR) is 108 cm³/mol. The Balaban J connectivity index is 1.68. The first-order valence-electron chi connectivity index (χ1n) is 9.58. The number of nitrogens with one attached hydrogen (secondary N) is 1. The number of fused-ring (bicyclic) bond motifs is 3. The first kappa shape index (κ1) is 19.9. The average molecular weight is 381 g/mol. The molecule has 1 atom stereocenters. The molecule has 0 bridgehead atoms. The van der Waals surface area contributed by atoms with E-state index < -0.39 is 18.1 Å². The number of benzene rings is 2. The maximum atomic E-state index is 12.4. The fraction of sp³-hybridized carbons (Fsp3) is 0.391. The maximum absolute atomic E-state index is 12.4. The second-order valence-electron chi connectivity index (χ2n) is 8.53. The summed E-state index contributed by atoms with van der Waals surface area (Å²) in [7, 11) is 0. The van der Waals surface area contributed by atoms with Crippen LogP contribution in [0.1, 0.15) is 50.7 Å². The molecule has 2 aromatic carbocycles. The summed E-state index contributed by atoms with van der Waals surface area (Å²) in [5, 5.41) is 11.9. The Hall–Kier alpha value is -2.82. The Labute approximate surface area is 165 Å². The lowest BCUT2D eigenvalue weighted by Gasteiger charge is -2.25. The quantitative estimate of drug-likeness (QED) is 0.753. The Morgan fingerprint density at radius 3 is 2.07 bits per heavy atom.